The number of benzene rings is 3. The largest absolute Gasteiger partial charge is 0.331 e. The van der Waals surface area contributed by atoms with Crippen LogP contribution in [0.25, 0.3) is 0 Å². The van der Waals surface area contributed by atoms with Gasteiger partial charge in [0, 0.05) is 41.5 Å². The monoisotopic (exact) mass is 593 g/mol. The number of carbonyl (C=O) groups excluding carboxylic acids is 3. The van der Waals surface area contributed by atoms with Crippen molar-refractivity contribution in [2.24, 2.45) is 0 Å². The molecule has 212 valence electrons. The van der Waals surface area contributed by atoms with Crippen LogP contribution >= 0.6 is 19.2 Å². The minimum atomic E-state index is -4.21. The Hall–Kier alpha value is -3.75. The van der Waals surface area contributed by atoms with Crippen molar-refractivity contribution in [3.05, 3.63) is 112 Å². The first-order valence-corrected chi connectivity index (χ1v) is 15.3. The summed E-state index contributed by atoms with van der Waals surface area (Å²) in [6.07, 6.45) is 3.71. The summed E-state index contributed by atoms with van der Waals surface area (Å²) in [5.74, 6) is -0.682. The van der Waals surface area contributed by atoms with Gasteiger partial charge in [0.25, 0.3) is 11.8 Å². The van der Waals surface area contributed by atoms with Crippen molar-refractivity contribution in [2.45, 2.75) is 19.5 Å². The maximum Gasteiger partial charge on any atom is 0.325 e. The van der Waals surface area contributed by atoms with Gasteiger partial charge in [0.2, 0.25) is 5.91 Å². The van der Waals surface area contributed by atoms with Crippen molar-refractivity contribution in [3.8, 4) is 0 Å². The Morgan fingerprint density at radius 3 is 2.02 bits per heavy atom. The molecular formula is C30H29ClN3O6P. The molecule has 2 N–H and O–H groups in total. The lowest BCUT2D eigenvalue weighted by molar-refractivity contribution is -0.119. The predicted octanol–water partition coefficient (Wildman–Crippen LogP) is 4.26. The molecule has 0 aromatic heterocycles. The number of anilines is 1. The molecule has 0 atom stereocenters. The molecule has 5 rings (SSSR count). The van der Waals surface area contributed by atoms with E-state index in [1.54, 1.807) is 64.4 Å². The van der Waals surface area contributed by atoms with Gasteiger partial charge in [0.15, 0.2) is 0 Å². The fourth-order valence-corrected chi connectivity index (χ4v) is 5.60. The van der Waals surface area contributed by atoms with Gasteiger partial charge in [-0.15, -0.1) is 0 Å². The molecule has 3 amide bonds. The maximum atomic E-state index is 13.7. The molecule has 0 saturated heterocycles. The van der Waals surface area contributed by atoms with E-state index in [1.807, 2.05) is 24.3 Å². The van der Waals surface area contributed by atoms with Gasteiger partial charge in [-0.25, -0.2) is 0 Å². The highest BCUT2D eigenvalue weighted by molar-refractivity contribution is 7.51. The summed E-state index contributed by atoms with van der Waals surface area (Å²) in [7, 11) is -4.21. The van der Waals surface area contributed by atoms with Crippen LogP contribution in [0.2, 0.25) is 5.02 Å². The standard InChI is InChI=1S/C30H29ClN3O6P/c31-26-11-9-24(10-12-26)30(37)33-19-25-8-3-21(13-16-41(38,39)40)17-27(25)34(28(35)20-33)18-22-4-6-23(7-5-22)29(36)32-14-1-2-15-32/h1-12,17H,13-16,18-20H2,(H2,38,39,40). The van der Waals surface area contributed by atoms with Crippen LogP contribution in [0.3, 0.4) is 0 Å². The van der Waals surface area contributed by atoms with Crippen molar-refractivity contribution >= 4 is 42.6 Å². The molecule has 0 fully saturated rings. The normalized spacial score (nSPS) is 15.2. The van der Waals surface area contributed by atoms with Gasteiger partial charge >= 0.3 is 7.60 Å². The van der Waals surface area contributed by atoms with Crippen molar-refractivity contribution in [2.75, 3.05) is 30.7 Å². The van der Waals surface area contributed by atoms with Crippen LogP contribution in [-0.2, 0) is 28.9 Å². The summed E-state index contributed by atoms with van der Waals surface area (Å²) in [5, 5.41) is 0.498. The molecule has 2 aliphatic rings. The third kappa shape index (κ3) is 6.94. The first-order valence-electron chi connectivity index (χ1n) is 13.1. The quantitative estimate of drug-likeness (QED) is 0.312. The highest BCUT2D eigenvalue weighted by atomic mass is 35.5. The van der Waals surface area contributed by atoms with Crippen LogP contribution in [0.15, 0.2) is 78.9 Å². The van der Waals surface area contributed by atoms with E-state index in [-0.39, 0.29) is 49.9 Å². The summed E-state index contributed by atoms with van der Waals surface area (Å²) in [6, 6.07) is 18.9. The van der Waals surface area contributed by atoms with Crippen LogP contribution in [0.5, 0.6) is 0 Å². The Morgan fingerprint density at radius 2 is 1.39 bits per heavy atom. The number of hydrogen-bond acceptors (Lipinski definition) is 4. The molecular weight excluding hydrogens is 565 g/mol. The van der Waals surface area contributed by atoms with E-state index in [4.69, 9.17) is 11.6 Å². The molecule has 9 nitrogen and oxygen atoms in total. The average Bonchev–Trinajstić information content (AvgIpc) is 3.45. The molecule has 0 spiro atoms. The van der Waals surface area contributed by atoms with Gasteiger partial charge in [0.1, 0.15) is 6.54 Å². The van der Waals surface area contributed by atoms with Gasteiger partial charge in [-0.3, -0.25) is 18.9 Å². The second kappa shape index (κ2) is 12.0. The Labute approximate surface area is 242 Å². The van der Waals surface area contributed by atoms with E-state index in [1.165, 1.54) is 4.90 Å². The minimum absolute atomic E-state index is 0.0659. The number of fused-ring (bicyclic) bond motifs is 1. The first kappa shape index (κ1) is 28.8. The third-order valence-corrected chi connectivity index (χ3v) is 8.20. The number of nitrogens with zero attached hydrogens (tertiary/aromatic N) is 3. The van der Waals surface area contributed by atoms with Crippen LogP contribution < -0.4 is 4.90 Å². The topological polar surface area (TPSA) is 118 Å². The second-order valence-corrected chi connectivity index (χ2v) is 12.3. The van der Waals surface area contributed by atoms with E-state index >= 15 is 0 Å². The highest BCUT2D eigenvalue weighted by Crippen LogP contribution is 2.36. The molecule has 3 aromatic rings. The molecule has 2 heterocycles. The van der Waals surface area contributed by atoms with E-state index < -0.39 is 7.60 Å². The molecule has 2 aliphatic heterocycles. The number of carbonyl (C=O) groups is 3. The first-order chi connectivity index (χ1) is 19.6. The van der Waals surface area contributed by atoms with E-state index in [0.29, 0.717) is 40.5 Å². The van der Waals surface area contributed by atoms with Gasteiger partial charge in [-0.1, -0.05) is 48.0 Å². The van der Waals surface area contributed by atoms with Crippen LogP contribution in [0.1, 0.15) is 37.4 Å². The Balaban J connectivity index is 1.43. The number of amides is 3. The molecule has 41 heavy (non-hydrogen) atoms. The zero-order valence-electron chi connectivity index (χ0n) is 22.1. The number of halogens is 1. The van der Waals surface area contributed by atoms with E-state index in [2.05, 4.69) is 0 Å². The van der Waals surface area contributed by atoms with Crippen LogP contribution in [0, 0.1) is 0 Å². The molecule has 0 saturated carbocycles. The SMILES string of the molecule is O=C(c1ccc(CN2C(=O)CN(C(=O)c3ccc(Cl)cc3)Cc3ccc(CCP(=O)(O)O)cc32)cc1)N1CC=CC1. The maximum absolute atomic E-state index is 13.7. The van der Waals surface area contributed by atoms with Crippen molar-refractivity contribution in [1.82, 2.24) is 9.80 Å². The molecule has 3 aromatic carbocycles. The molecule has 11 heteroatoms. The fraction of sp³-hybridized carbons (Fsp3) is 0.233. The van der Waals surface area contributed by atoms with Gasteiger partial charge < -0.3 is 24.5 Å². The average molecular weight is 594 g/mol. The summed E-state index contributed by atoms with van der Waals surface area (Å²) >= 11 is 5.98. The lowest BCUT2D eigenvalue weighted by Crippen LogP contribution is -2.39. The lowest BCUT2D eigenvalue weighted by Gasteiger charge is -2.24. The van der Waals surface area contributed by atoms with Crippen molar-refractivity contribution in [3.63, 3.8) is 0 Å². The molecule has 0 aliphatic carbocycles. The molecule has 0 unspecified atom stereocenters. The van der Waals surface area contributed by atoms with Gasteiger partial charge in [-0.2, -0.15) is 0 Å². The number of rotatable bonds is 7. The smallest absolute Gasteiger partial charge is 0.325 e. The zero-order valence-corrected chi connectivity index (χ0v) is 23.8. The van der Waals surface area contributed by atoms with E-state index in [9.17, 15) is 28.7 Å². The van der Waals surface area contributed by atoms with E-state index in [0.717, 1.165) is 11.1 Å². The van der Waals surface area contributed by atoms with Crippen LogP contribution in [-0.4, -0.2) is 63.1 Å². The second-order valence-electron chi connectivity index (χ2n) is 10.1. The predicted molar refractivity (Wildman–Crippen MR) is 156 cm³/mol. The summed E-state index contributed by atoms with van der Waals surface area (Å²) < 4.78 is 11.5. The lowest BCUT2D eigenvalue weighted by atomic mass is 10.0. The van der Waals surface area contributed by atoms with Crippen molar-refractivity contribution < 1.29 is 28.7 Å². The Kier molecular flexibility index (Phi) is 8.42. The third-order valence-electron chi connectivity index (χ3n) is 7.15. The highest BCUT2D eigenvalue weighted by Gasteiger charge is 2.30. The fourth-order valence-electron chi connectivity index (χ4n) is 4.92. The Morgan fingerprint density at radius 1 is 0.805 bits per heavy atom. The number of aryl methyl sites for hydroxylation is 1. The molecule has 0 bridgehead atoms. The van der Waals surface area contributed by atoms with Crippen molar-refractivity contribution in [1.29, 1.82) is 0 Å². The Bertz CT molecular complexity index is 1540. The van der Waals surface area contributed by atoms with Gasteiger partial charge in [0.05, 0.1) is 12.7 Å². The summed E-state index contributed by atoms with van der Waals surface area (Å²) in [4.78, 5) is 63.3. The minimum Gasteiger partial charge on any atom is -0.331 e. The number of hydrogen-bond donors (Lipinski definition) is 2. The van der Waals surface area contributed by atoms with Gasteiger partial charge in [-0.05, 0) is 65.6 Å². The summed E-state index contributed by atoms with van der Waals surface area (Å²) in [6.45, 7) is 1.36. The summed E-state index contributed by atoms with van der Waals surface area (Å²) in [5.41, 5.74) is 3.73. The van der Waals surface area contributed by atoms with Crippen LogP contribution in [0.4, 0.5) is 5.69 Å². The zero-order chi connectivity index (χ0) is 29.1. The molecule has 0 radical (unpaired) electrons.